The average molecular weight is 128 g/mol. The molecule has 1 nitrogen and oxygen atoms in total. The average Bonchev–Trinajstić information content (AvgIpc) is 1.83. The summed E-state index contributed by atoms with van der Waals surface area (Å²) < 4.78 is 0. The molecule has 54 valence electrons. The zero-order valence-electron chi connectivity index (χ0n) is 6.30. The Labute approximate surface area is 57.1 Å². The standard InChI is InChI=1S/C8H16O/c1-3-8-6(2)4-7(8)5-9/h6-9H,3-5H2,1-2H3/t6-,7-,8+/m0/s1. The summed E-state index contributed by atoms with van der Waals surface area (Å²) in [5.41, 5.74) is 0. The van der Waals surface area contributed by atoms with E-state index in [4.69, 9.17) is 5.11 Å². The monoisotopic (exact) mass is 128 g/mol. The molecule has 0 radical (unpaired) electrons. The van der Waals surface area contributed by atoms with Crippen LogP contribution in [0.4, 0.5) is 0 Å². The normalized spacial score (nSPS) is 42.3. The topological polar surface area (TPSA) is 20.2 Å². The fourth-order valence-electron chi connectivity index (χ4n) is 2.04. The van der Waals surface area contributed by atoms with Crippen molar-refractivity contribution in [1.29, 1.82) is 0 Å². The van der Waals surface area contributed by atoms with Crippen LogP contribution in [0.2, 0.25) is 0 Å². The Hall–Kier alpha value is -0.0400. The van der Waals surface area contributed by atoms with Gasteiger partial charge in [0.05, 0.1) is 0 Å². The maximum atomic E-state index is 8.81. The molecule has 0 saturated heterocycles. The van der Waals surface area contributed by atoms with Crippen LogP contribution in [0.3, 0.4) is 0 Å². The molecular formula is C8H16O. The molecule has 0 spiro atoms. The molecule has 3 atom stereocenters. The van der Waals surface area contributed by atoms with Crippen molar-refractivity contribution >= 4 is 0 Å². The van der Waals surface area contributed by atoms with Gasteiger partial charge in [-0.1, -0.05) is 20.3 Å². The van der Waals surface area contributed by atoms with E-state index < -0.39 is 0 Å². The first-order chi connectivity index (χ1) is 4.29. The van der Waals surface area contributed by atoms with Gasteiger partial charge in [0.1, 0.15) is 0 Å². The van der Waals surface area contributed by atoms with Gasteiger partial charge >= 0.3 is 0 Å². The quantitative estimate of drug-likeness (QED) is 0.599. The Bertz CT molecular complexity index is 90.6. The molecule has 1 heteroatoms. The van der Waals surface area contributed by atoms with Crippen LogP contribution in [0.15, 0.2) is 0 Å². The molecule has 0 aromatic carbocycles. The largest absolute Gasteiger partial charge is 0.396 e. The molecule has 0 amide bonds. The van der Waals surface area contributed by atoms with Crippen LogP contribution in [-0.2, 0) is 0 Å². The molecule has 1 fully saturated rings. The van der Waals surface area contributed by atoms with Crippen molar-refractivity contribution in [2.45, 2.75) is 26.7 Å². The van der Waals surface area contributed by atoms with Gasteiger partial charge in [-0.3, -0.25) is 0 Å². The summed E-state index contributed by atoms with van der Waals surface area (Å²) in [7, 11) is 0. The summed E-state index contributed by atoms with van der Waals surface area (Å²) in [5, 5.41) is 8.81. The van der Waals surface area contributed by atoms with Crippen molar-refractivity contribution < 1.29 is 5.11 Å². The molecular weight excluding hydrogens is 112 g/mol. The fourth-order valence-corrected chi connectivity index (χ4v) is 2.04. The molecule has 0 unspecified atom stereocenters. The van der Waals surface area contributed by atoms with Crippen LogP contribution in [0, 0.1) is 17.8 Å². The summed E-state index contributed by atoms with van der Waals surface area (Å²) >= 11 is 0. The van der Waals surface area contributed by atoms with Gasteiger partial charge in [0.15, 0.2) is 0 Å². The van der Waals surface area contributed by atoms with Crippen molar-refractivity contribution in [3.05, 3.63) is 0 Å². The zero-order chi connectivity index (χ0) is 6.85. The first-order valence-electron chi connectivity index (χ1n) is 3.90. The highest BCUT2D eigenvalue weighted by Gasteiger charge is 2.35. The Morgan fingerprint density at radius 2 is 2.22 bits per heavy atom. The molecule has 0 heterocycles. The predicted octanol–water partition coefficient (Wildman–Crippen LogP) is 1.66. The Morgan fingerprint density at radius 1 is 1.56 bits per heavy atom. The summed E-state index contributed by atoms with van der Waals surface area (Å²) in [6.45, 7) is 4.89. The number of hydrogen-bond donors (Lipinski definition) is 1. The third-order valence-corrected chi connectivity index (χ3v) is 2.72. The summed E-state index contributed by atoms with van der Waals surface area (Å²) in [5.74, 6) is 2.31. The van der Waals surface area contributed by atoms with Gasteiger partial charge in [0.2, 0.25) is 0 Å². The van der Waals surface area contributed by atoms with E-state index in [1.54, 1.807) is 0 Å². The molecule has 1 rings (SSSR count). The van der Waals surface area contributed by atoms with Crippen LogP contribution in [0.1, 0.15) is 26.7 Å². The van der Waals surface area contributed by atoms with Crippen molar-refractivity contribution in [1.82, 2.24) is 0 Å². The highest BCUT2D eigenvalue weighted by atomic mass is 16.3. The minimum Gasteiger partial charge on any atom is -0.396 e. The minimum absolute atomic E-state index is 0.406. The highest BCUT2D eigenvalue weighted by Crippen LogP contribution is 2.41. The van der Waals surface area contributed by atoms with Crippen LogP contribution in [-0.4, -0.2) is 11.7 Å². The van der Waals surface area contributed by atoms with E-state index in [0.717, 1.165) is 11.8 Å². The van der Waals surface area contributed by atoms with Gasteiger partial charge in [-0.2, -0.15) is 0 Å². The predicted molar refractivity (Wildman–Crippen MR) is 38.1 cm³/mol. The van der Waals surface area contributed by atoms with E-state index in [0.29, 0.717) is 12.5 Å². The number of hydrogen-bond acceptors (Lipinski definition) is 1. The zero-order valence-corrected chi connectivity index (χ0v) is 6.30. The van der Waals surface area contributed by atoms with Gasteiger partial charge in [-0.15, -0.1) is 0 Å². The van der Waals surface area contributed by atoms with E-state index >= 15 is 0 Å². The first kappa shape index (κ1) is 7.07. The lowest BCUT2D eigenvalue weighted by molar-refractivity contribution is 0.0305. The Kier molecular flexibility index (Phi) is 2.12. The summed E-state index contributed by atoms with van der Waals surface area (Å²) in [6, 6.07) is 0. The third-order valence-electron chi connectivity index (χ3n) is 2.72. The van der Waals surface area contributed by atoms with E-state index in [1.165, 1.54) is 12.8 Å². The molecule has 1 saturated carbocycles. The third kappa shape index (κ3) is 1.11. The highest BCUT2D eigenvalue weighted by molar-refractivity contribution is 4.84. The second-order valence-electron chi connectivity index (χ2n) is 3.23. The van der Waals surface area contributed by atoms with E-state index in [9.17, 15) is 0 Å². The van der Waals surface area contributed by atoms with E-state index in [1.807, 2.05) is 0 Å². The Balaban J connectivity index is 2.29. The lowest BCUT2D eigenvalue weighted by Gasteiger charge is -2.41. The van der Waals surface area contributed by atoms with Gasteiger partial charge in [-0.05, 0) is 24.2 Å². The molecule has 9 heavy (non-hydrogen) atoms. The lowest BCUT2D eigenvalue weighted by atomic mass is 9.65. The summed E-state index contributed by atoms with van der Waals surface area (Å²) in [4.78, 5) is 0. The second kappa shape index (κ2) is 2.70. The van der Waals surface area contributed by atoms with Crippen LogP contribution < -0.4 is 0 Å². The van der Waals surface area contributed by atoms with Crippen molar-refractivity contribution in [2.75, 3.05) is 6.61 Å². The van der Waals surface area contributed by atoms with Crippen molar-refractivity contribution in [3.8, 4) is 0 Å². The molecule has 1 aliphatic carbocycles. The van der Waals surface area contributed by atoms with Gasteiger partial charge in [0.25, 0.3) is 0 Å². The fraction of sp³-hybridized carbons (Fsp3) is 1.00. The van der Waals surface area contributed by atoms with Crippen molar-refractivity contribution in [2.24, 2.45) is 17.8 Å². The number of aliphatic hydroxyl groups is 1. The van der Waals surface area contributed by atoms with Gasteiger partial charge in [0, 0.05) is 6.61 Å². The van der Waals surface area contributed by atoms with Gasteiger partial charge < -0.3 is 5.11 Å². The minimum atomic E-state index is 0.406. The molecule has 0 bridgehead atoms. The Morgan fingerprint density at radius 3 is 2.44 bits per heavy atom. The van der Waals surface area contributed by atoms with Crippen LogP contribution in [0.25, 0.3) is 0 Å². The second-order valence-corrected chi connectivity index (χ2v) is 3.23. The summed E-state index contributed by atoms with van der Waals surface area (Å²) in [6.07, 6.45) is 2.49. The van der Waals surface area contributed by atoms with Gasteiger partial charge in [-0.25, -0.2) is 0 Å². The molecule has 1 N–H and O–H groups in total. The first-order valence-corrected chi connectivity index (χ1v) is 3.90. The lowest BCUT2D eigenvalue weighted by Crippen LogP contribution is -2.36. The van der Waals surface area contributed by atoms with Crippen LogP contribution in [0.5, 0.6) is 0 Å². The maximum absolute atomic E-state index is 8.81. The molecule has 0 aliphatic heterocycles. The SMILES string of the molecule is CC[C@H]1[C@H](CO)C[C@@H]1C. The van der Waals surface area contributed by atoms with E-state index in [2.05, 4.69) is 13.8 Å². The van der Waals surface area contributed by atoms with Crippen LogP contribution >= 0.6 is 0 Å². The number of rotatable bonds is 2. The number of aliphatic hydroxyl groups excluding tert-OH is 1. The molecule has 0 aromatic rings. The smallest absolute Gasteiger partial charge is 0.0462 e. The molecule has 1 aliphatic rings. The molecule has 0 aromatic heterocycles. The van der Waals surface area contributed by atoms with E-state index in [-0.39, 0.29) is 0 Å². The maximum Gasteiger partial charge on any atom is 0.0462 e. The van der Waals surface area contributed by atoms with Crippen molar-refractivity contribution in [3.63, 3.8) is 0 Å².